The zero-order chi connectivity index (χ0) is 17.7. The van der Waals surface area contributed by atoms with Gasteiger partial charge in [-0.25, -0.2) is 26.9 Å². The van der Waals surface area contributed by atoms with E-state index in [9.17, 15) is 22.0 Å². The lowest BCUT2D eigenvalue weighted by Crippen LogP contribution is -2.04. The monoisotopic (exact) mass is 350 g/mol. The van der Waals surface area contributed by atoms with Gasteiger partial charge < -0.3 is 8.98 Å². The molecule has 0 aliphatic rings. The highest BCUT2D eigenvalue weighted by Gasteiger charge is 2.29. The van der Waals surface area contributed by atoms with Crippen molar-refractivity contribution in [3.63, 3.8) is 0 Å². The first-order chi connectivity index (χ1) is 12.0. The van der Waals surface area contributed by atoms with E-state index in [1.165, 1.54) is 6.07 Å². The van der Waals surface area contributed by atoms with Crippen molar-refractivity contribution in [2.75, 3.05) is 0 Å². The molecule has 0 fully saturated rings. The standard InChI is InChI=1S/C17H7F5N2O/c18-12-11(13(19)15(21)16(22)14(12)20)17-23-9-7-8(3-4-10(9)25-17)24-5-1-2-6-24/h1-7H. The quantitative estimate of drug-likeness (QED) is 0.290. The normalized spacial score (nSPS) is 11.4. The summed E-state index contributed by atoms with van der Waals surface area (Å²) in [7, 11) is 0. The first kappa shape index (κ1) is 15.4. The van der Waals surface area contributed by atoms with Crippen LogP contribution in [0.5, 0.6) is 0 Å². The first-order valence-electron chi connectivity index (χ1n) is 7.03. The molecule has 0 aliphatic carbocycles. The molecule has 0 atom stereocenters. The third-order valence-corrected chi connectivity index (χ3v) is 3.70. The van der Waals surface area contributed by atoms with E-state index in [0.717, 1.165) is 0 Å². The van der Waals surface area contributed by atoms with Gasteiger partial charge in [-0.05, 0) is 30.3 Å². The summed E-state index contributed by atoms with van der Waals surface area (Å²) in [5, 5.41) is 0. The first-order valence-corrected chi connectivity index (χ1v) is 7.03. The van der Waals surface area contributed by atoms with E-state index < -0.39 is 40.5 Å². The van der Waals surface area contributed by atoms with Crippen molar-refractivity contribution in [1.82, 2.24) is 9.55 Å². The Kier molecular flexibility index (Phi) is 3.34. The number of nitrogens with zero attached hydrogens (tertiary/aromatic N) is 2. The number of hydrogen-bond donors (Lipinski definition) is 0. The molecule has 0 amide bonds. The second-order valence-electron chi connectivity index (χ2n) is 5.21. The number of fused-ring (bicyclic) bond motifs is 1. The van der Waals surface area contributed by atoms with Gasteiger partial charge in [0.2, 0.25) is 11.7 Å². The van der Waals surface area contributed by atoms with Gasteiger partial charge in [0, 0.05) is 18.1 Å². The molecule has 0 saturated carbocycles. The van der Waals surface area contributed by atoms with Crippen molar-refractivity contribution in [3.8, 4) is 17.1 Å². The molecule has 4 aromatic rings. The molecular formula is C17H7F5N2O. The van der Waals surface area contributed by atoms with E-state index in [-0.39, 0.29) is 11.1 Å². The predicted molar refractivity (Wildman–Crippen MR) is 78.6 cm³/mol. The van der Waals surface area contributed by atoms with Crippen LogP contribution < -0.4 is 0 Å². The van der Waals surface area contributed by atoms with Gasteiger partial charge in [-0.3, -0.25) is 0 Å². The SMILES string of the molecule is Fc1c(F)c(F)c(-c2nc3cc(-n4cccc4)ccc3o2)c(F)c1F. The van der Waals surface area contributed by atoms with Crippen LogP contribution in [0, 0.1) is 29.1 Å². The van der Waals surface area contributed by atoms with Gasteiger partial charge in [-0.2, -0.15) is 0 Å². The van der Waals surface area contributed by atoms with Crippen LogP contribution in [-0.2, 0) is 0 Å². The van der Waals surface area contributed by atoms with E-state index in [0.29, 0.717) is 5.69 Å². The molecule has 2 aromatic carbocycles. The third-order valence-electron chi connectivity index (χ3n) is 3.70. The number of aromatic nitrogens is 2. The summed E-state index contributed by atoms with van der Waals surface area (Å²) in [4.78, 5) is 3.87. The molecule has 3 nitrogen and oxygen atoms in total. The summed E-state index contributed by atoms with van der Waals surface area (Å²) in [5.41, 5.74) is -0.148. The zero-order valence-corrected chi connectivity index (χ0v) is 12.2. The Labute approximate surface area is 136 Å². The van der Waals surface area contributed by atoms with Crippen molar-refractivity contribution in [2.45, 2.75) is 0 Å². The minimum Gasteiger partial charge on any atom is -0.436 e. The molecule has 2 aromatic heterocycles. The summed E-state index contributed by atoms with van der Waals surface area (Å²) in [6.07, 6.45) is 3.54. The van der Waals surface area contributed by atoms with Crippen LogP contribution in [-0.4, -0.2) is 9.55 Å². The van der Waals surface area contributed by atoms with Crippen LogP contribution in [0.25, 0.3) is 28.2 Å². The van der Waals surface area contributed by atoms with E-state index in [1.807, 2.05) is 0 Å². The van der Waals surface area contributed by atoms with Gasteiger partial charge in [0.25, 0.3) is 0 Å². The second-order valence-corrected chi connectivity index (χ2v) is 5.21. The third kappa shape index (κ3) is 2.29. The van der Waals surface area contributed by atoms with Crippen molar-refractivity contribution < 1.29 is 26.4 Å². The van der Waals surface area contributed by atoms with Gasteiger partial charge >= 0.3 is 0 Å². The summed E-state index contributed by atoms with van der Waals surface area (Å²) >= 11 is 0. The van der Waals surface area contributed by atoms with Gasteiger partial charge in [-0.15, -0.1) is 0 Å². The van der Waals surface area contributed by atoms with Gasteiger partial charge in [0.1, 0.15) is 11.1 Å². The Bertz CT molecular complexity index is 1070. The van der Waals surface area contributed by atoms with Crippen molar-refractivity contribution in [1.29, 1.82) is 0 Å². The van der Waals surface area contributed by atoms with Crippen LogP contribution in [0.4, 0.5) is 22.0 Å². The fourth-order valence-corrected chi connectivity index (χ4v) is 2.48. The number of hydrogen-bond acceptors (Lipinski definition) is 2. The molecule has 0 saturated heterocycles. The summed E-state index contributed by atoms with van der Waals surface area (Å²) in [6.45, 7) is 0. The Hall–Kier alpha value is -3.16. The molecule has 0 N–H and O–H groups in total. The lowest BCUT2D eigenvalue weighted by atomic mass is 10.1. The molecule has 0 spiro atoms. The molecule has 25 heavy (non-hydrogen) atoms. The van der Waals surface area contributed by atoms with E-state index in [1.54, 1.807) is 41.2 Å². The summed E-state index contributed by atoms with van der Waals surface area (Å²) in [6, 6.07) is 8.32. The summed E-state index contributed by atoms with van der Waals surface area (Å²) < 4.78 is 74.6. The van der Waals surface area contributed by atoms with Gasteiger partial charge in [0.15, 0.2) is 28.9 Å². The Morgan fingerprint density at radius 3 is 2.04 bits per heavy atom. The minimum atomic E-state index is -2.23. The lowest BCUT2D eigenvalue weighted by Gasteiger charge is -2.04. The molecule has 0 bridgehead atoms. The van der Waals surface area contributed by atoms with Crippen LogP contribution in [0.15, 0.2) is 47.1 Å². The number of oxazole rings is 1. The number of rotatable bonds is 2. The van der Waals surface area contributed by atoms with Crippen molar-refractivity contribution in [2.24, 2.45) is 0 Å². The maximum atomic E-state index is 13.9. The van der Waals surface area contributed by atoms with Crippen LogP contribution in [0.3, 0.4) is 0 Å². The van der Waals surface area contributed by atoms with E-state index in [4.69, 9.17) is 4.42 Å². The average Bonchev–Trinajstić information content (AvgIpc) is 3.27. The largest absolute Gasteiger partial charge is 0.436 e. The Balaban J connectivity index is 1.91. The molecule has 126 valence electrons. The highest BCUT2D eigenvalue weighted by atomic mass is 19.2. The predicted octanol–water partition coefficient (Wildman–Crippen LogP) is 4.98. The molecule has 2 heterocycles. The van der Waals surface area contributed by atoms with Gasteiger partial charge in [-0.1, -0.05) is 0 Å². The topological polar surface area (TPSA) is 31.0 Å². The van der Waals surface area contributed by atoms with Crippen LogP contribution in [0.2, 0.25) is 0 Å². The second kappa shape index (κ2) is 5.44. The zero-order valence-electron chi connectivity index (χ0n) is 12.2. The highest BCUT2D eigenvalue weighted by Crippen LogP contribution is 2.33. The maximum Gasteiger partial charge on any atom is 0.233 e. The fourth-order valence-electron chi connectivity index (χ4n) is 2.48. The average molecular weight is 350 g/mol. The van der Waals surface area contributed by atoms with Crippen molar-refractivity contribution >= 4 is 11.1 Å². The fraction of sp³-hybridized carbons (Fsp3) is 0. The molecule has 0 radical (unpaired) electrons. The Morgan fingerprint density at radius 1 is 0.800 bits per heavy atom. The molecule has 0 unspecified atom stereocenters. The highest BCUT2D eigenvalue weighted by molar-refractivity contribution is 5.78. The molecule has 8 heteroatoms. The van der Waals surface area contributed by atoms with E-state index in [2.05, 4.69) is 4.98 Å². The van der Waals surface area contributed by atoms with Crippen LogP contribution in [0.1, 0.15) is 0 Å². The number of halogens is 5. The maximum absolute atomic E-state index is 13.9. The number of benzene rings is 2. The minimum absolute atomic E-state index is 0.148. The molecule has 0 aliphatic heterocycles. The molecule has 4 rings (SSSR count). The van der Waals surface area contributed by atoms with E-state index >= 15 is 0 Å². The smallest absolute Gasteiger partial charge is 0.233 e. The Morgan fingerprint density at radius 2 is 1.40 bits per heavy atom. The van der Waals surface area contributed by atoms with Crippen LogP contribution >= 0.6 is 0 Å². The molecular weight excluding hydrogens is 343 g/mol. The lowest BCUT2D eigenvalue weighted by molar-refractivity contribution is 0.379. The van der Waals surface area contributed by atoms with Crippen molar-refractivity contribution in [3.05, 3.63) is 71.8 Å². The summed E-state index contributed by atoms with van der Waals surface area (Å²) in [5.74, 6) is -11.0. The van der Waals surface area contributed by atoms with Gasteiger partial charge in [0.05, 0.1) is 0 Å².